The molecule has 0 aliphatic rings. The van der Waals surface area contributed by atoms with E-state index in [2.05, 4.69) is 15.3 Å². The molecule has 4 aromatic rings. The van der Waals surface area contributed by atoms with Gasteiger partial charge in [-0.2, -0.15) is 0 Å². The Hall–Kier alpha value is -3.25. The van der Waals surface area contributed by atoms with Crippen LogP contribution in [0, 0.1) is 6.92 Å². The summed E-state index contributed by atoms with van der Waals surface area (Å²) in [6.45, 7) is 1.90. The van der Waals surface area contributed by atoms with Crippen molar-refractivity contribution < 1.29 is 5.11 Å². The molecule has 2 atom stereocenters. The zero-order valence-electron chi connectivity index (χ0n) is 14.3. The van der Waals surface area contributed by atoms with Crippen molar-refractivity contribution in [3.05, 3.63) is 83.6 Å². The van der Waals surface area contributed by atoms with Crippen molar-refractivity contribution in [1.82, 2.24) is 20.0 Å². The maximum Gasteiger partial charge on any atom is 0.126 e. The predicted molar refractivity (Wildman–Crippen MR) is 100 cm³/mol. The van der Waals surface area contributed by atoms with E-state index in [1.54, 1.807) is 10.9 Å². The lowest BCUT2D eigenvalue weighted by molar-refractivity contribution is 0.126. The maximum absolute atomic E-state index is 11.2. The standard InChI is InChI=1S/C20H19N5O/c1-13-11-15(12-22-20(13)21)18(19(26)14-7-3-2-4-8-14)25-17-10-6-5-9-16(17)23-24-25/h2-12,18-19,26H,1H3,(H2,21,22)/t18?,19-/m1/s1. The van der Waals surface area contributed by atoms with Crippen molar-refractivity contribution in [2.24, 2.45) is 0 Å². The molecule has 4 rings (SSSR count). The van der Waals surface area contributed by atoms with Gasteiger partial charge >= 0.3 is 0 Å². The van der Waals surface area contributed by atoms with E-state index in [9.17, 15) is 5.11 Å². The van der Waals surface area contributed by atoms with E-state index in [0.29, 0.717) is 5.82 Å². The molecule has 6 heteroatoms. The molecular formula is C20H19N5O. The number of nitrogens with two attached hydrogens (primary N) is 1. The van der Waals surface area contributed by atoms with Crippen molar-refractivity contribution in [2.75, 3.05) is 5.73 Å². The molecule has 2 aromatic heterocycles. The number of hydrogen-bond donors (Lipinski definition) is 2. The van der Waals surface area contributed by atoms with Gasteiger partial charge in [0.05, 0.1) is 5.52 Å². The van der Waals surface area contributed by atoms with E-state index in [1.165, 1.54) is 0 Å². The van der Waals surface area contributed by atoms with Crippen LogP contribution in [0.25, 0.3) is 11.0 Å². The summed E-state index contributed by atoms with van der Waals surface area (Å²) in [5.41, 5.74) is 9.98. The summed E-state index contributed by atoms with van der Waals surface area (Å²) in [6, 6.07) is 18.7. The first-order valence-corrected chi connectivity index (χ1v) is 8.40. The zero-order valence-corrected chi connectivity index (χ0v) is 14.3. The van der Waals surface area contributed by atoms with Gasteiger partial charge in [0.15, 0.2) is 0 Å². The Balaban J connectivity index is 1.90. The summed E-state index contributed by atoms with van der Waals surface area (Å²) < 4.78 is 1.75. The lowest BCUT2D eigenvalue weighted by Crippen LogP contribution is -2.21. The van der Waals surface area contributed by atoms with Gasteiger partial charge in [0.1, 0.15) is 23.5 Å². The Morgan fingerprint density at radius 2 is 1.73 bits per heavy atom. The van der Waals surface area contributed by atoms with Crippen LogP contribution in [-0.4, -0.2) is 25.1 Å². The normalized spacial score (nSPS) is 13.6. The Kier molecular flexibility index (Phi) is 4.10. The van der Waals surface area contributed by atoms with E-state index in [0.717, 1.165) is 27.7 Å². The Bertz CT molecular complexity index is 1040. The fourth-order valence-corrected chi connectivity index (χ4v) is 3.15. The first-order chi connectivity index (χ1) is 12.6. The molecule has 6 nitrogen and oxygen atoms in total. The number of aromatic nitrogens is 4. The van der Waals surface area contributed by atoms with Crippen molar-refractivity contribution in [3.8, 4) is 0 Å². The number of hydrogen-bond acceptors (Lipinski definition) is 5. The minimum atomic E-state index is -0.814. The summed E-state index contributed by atoms with van der Waals surface area (Å²) in [6.07, 6.45) is 0.876. The fraction of sp³-hybridized carbons (Fsp3) is 0.150. The molecule has 0 saturated carbocycles. The summed E-state index contributed by atoms with van der Waals surface area (Å²) in [4.78, 5) is 4.27. The largest absolute Gasteiger partial charge is 0.386 e. The summed E-state index contributed by atoms with van der Waals surface area (Å²) in [5, 5.41) is 19.7. The highest BCUT2D eigenvalue weighted by Crippen LogP contribution is 2.34. The molecule has 2 aromatic carbocycles. The number of anilines is 1. The average molecular weight is 345 g/mol. The van der Waals surface area contributed by atoms with E-state index < -0.39 is 12.1 Å². The number of aliphatic hydroxyl groups excluding tert-OH is 1. The van der Waals surface area contributed by atoms with Gasteiger partial charge in [-0.15, -0.1) is 5.10 Å². The van der Waals surface area contributed by atoms with Crippen LogP contribution < -0.4 is 5.73 Å². The molecule has 3 N–H and O–H groups in total. The average Bonchev–Trinajstić information content (AvgIpc) is 3.09. The van der Waals surface area contributed by atoms with Gasteiger partial charge in [-0.25, -0.2) is 9.67 Å². The number of rotatable bonds is 4. The van der Waals surface area contributed by atoms with E-state index >= 15 is 0 Å². The number of aryl methyl sites for hydroxylation is 1. The van der Waals surface area contributed by atoms with Gasteiger partial charge in [0, 0.05) is 6.20 Å². The molecule has 0 spiro atoms. The number of fused-ring (bicyclic) bond motifs is 1. The number of aliphatic hydroxyl groups is 1. The Morgan fingerprint density at radius 3 is 2.50 bits per heavy atom. The molecule has 2 heterocycles. The molecular weight excluding hydrogens is 326 g/mol. The molecule has 0 amide bonds. The van der Waals surface area contributed by atoms with Gasteiger partial charge in [-0.05, 0) is 41.8 Å². The van der Waals surface area contributed by atoms with Crippen LogP contribution in [0.3, 0.4) is 0 Å². The topological polar surface area (TPSA) is 89.8 Å². The lowest BCUT2D eigenvalue weighted by Gasteiger charge is -2.24. The molecule has 0 radical (unpaired) electrons. The monoisotopic (exact) mass is 345 g/mol. The zero-order chi connectivity index (χ0) is 18.1. The van der Waals surface area contributed by atoms with Crippen molar-refractivity contribution >= 4 is 16.9 Å². The van der Waals surface area contributed by atoms with Gasteiger partial charge in [-0.3, -0.25) is 0 Å². The number of para-hydroxylation sites is 1. The van der Waals surface area contributed by atoms with Crippen LogP contribution in [0.4, 0.5) is 5.82 Å². The molecule has 0 bridgehead atoms. The Labute approximate surface area is 150 Å². The second-order valence-corrected chi connectivity index (χ2v) is 6.29. The molecule has 130 valence electrons. The van der Waals surface area contributed by atoms with Gasteiger partial charge < -0.3 is 10.8 Å². The molecule has 26 heavy (non-hydrogen) atoms. The SMILES string of the molecule is Cc1cc(C([C@H](O)c2ccccc2)n2nnc3ccccc32)cnc1N. The lowest BCUT2D eigenvalue weighted by atomic mass is 9.96. The number of benzene rings is 2. The van der Waals surface area contributed by atoms with Crippen molar-refractivity contribution in [2.45, 2.75) is 19.1 Å². The van der Waals surface area contributed by atoms with Crippen LogP contribution in [-0.2, 0) is 0 Å². The first-order valence-electron chi connectivity index (χ1n) is 8.40. The van der Waals surface area contributed by atoms with Crippen molar-refractivity contribution in [3.63, 3.8) is 0 Å². The number of pyridine rings is 1. The third-order valence-corrected chi connectivity index (χ3v) is 4.56. The first kappa shape index (κ1) is 16.2. The fourth-order valence-electron chi connectivity index (χ4n) is 3.15. The van der Waals surface area contributed by atoms with Crippen LogP contribution in [0.1, 0.15) is 28.8 Å². The second kappa shape index (κ2) is 6.57. The van der Waals surface area contributed by atoms with Gasteiger partial charge in [-0.1, -0.05) is 47.7 Å². The van der Waals surface area contributed by atoms with E-state index in [1.807, 2.05) is 67.6 Å². The minimum absolute atomic E-state index is 0.475. The Morgan fingerprint density at radius 1 is 1.00 bits per heavy atom. The summed E-state index contributed by atoms with van der Waals surface area (Å²) >= 11 is 0. The van der Waals surface area contributed by atoms with Crippen LogP contribution in [0.5, 0.6) is 0 Å². The predicted octanol–water partition coefficient (Wildman–Crippen LogP) is 3.04. The highest BCUT2D eigenvalue weighted by Gasteiger charge is 2.28. The van der Waals surface area contributed by atoms with Crippen LogP contribution in [0.15, 0.2) is 66.9 Å². The molecule has 0 aliphatic carbocycles. The highest BCUT2D eigenvalue weighted by molar-refractivity contribution is 5.74. The molecule has 0 aliphatic heterocycles. The smallest absolute Gasteiger partial charge is 0.126 e. The quantitative estimate of drug-likeness (QED) is 0.593. The van der Waals surface area contributed by atoms with E-state index in [-0.39, 0.29) is 0 Å². The number of nitrogen functional groups attached to an aromatic ring is 1. The van der Waals surface area contributed by atoms with E-state index in [4.69, 9.17) is 5.73 Å². The summed E-state index contributed by atoms with van der Waals surface area (Å²) in [7, 11) is 0. The molecule has 0 fully saturated rings. The minimum Gasteiger partial charge on any atom is -0.386 e. The maximum atomic E-state index is 11.2. The summed E-state index contributed by atoms with van der Waals surface area (Å²) in [5.74, 6) is 0.477. The van der Waals surface area contributed by atoms with Gasteiger partial charge in [0.2, 0.25) is 0 Å². The third kappa shape index (κ3) is 2.80. The number of nitrogens with zero attached hydrogens (tertiary/aromatic N) is 4. The van der Waals surface area contributed by atoms with Crippen LogP contribution >= 0.6 is 0 Å². The molecule has 1 unspecified atom stereocenters. The van der Waals surface area contributed by atoms with Crippen LogP contribution in [0.2, 0.25) is 0 Å². The third-order valence-electron chi connectivity index (χ3n) is 4.56. The molecule has 0 saturated heterocycles. The second-order valence-electron chi connectivity index (χ2n) is 6.29. The highest BCUT2D eigenvalue weighted by atomic mass is 16.3. The van der Waals surface area contributed by atoms with Gasteiger partial charge in [0.25, 0.3) is 0 Å². The van der Waals surface area contributed by atoms with Crippen molar-refractivity contribution in [1.29, 1.82) is 0 Å².